The number of carbonyl (C=O) groups excluding carboxylic acids is 1. The molecule has 1 aromatic rings. The first-order valence-corrected chi connectivity index (χ1v) is 9.56. The van der Waals surface area contributed by atoms with Gasteiger partial charge < -0.3 is 10.2 Å². The number of alkyl halides is 3. The minimum absolute atomic E-state index is 0.107. The summed E-state index contributed by atoms with van der Waals surface area (Å²) < 4.78 is 62.2. The molecule has 1 heterocycles. The largest absolute Gasteiger partial charge is 0.405 e. The Hall–Kier alpha value is -1.91. The van der Waals surface area contributed by atoms with Crippen LogP contribution in [0.4, 0.5) is 13.2 Å². The average molecular weight is 392 g/mol. The second-order valence-electron chi connectivity index (χ2n) is 5.98. The van der Waals surface area contributed by atoms with Crippen LogP contribution in [-0.4, -0.2) is 64.1 Å². The van der Waals surface area contributed by atoms with Gasteiger partial charge in [-0.2, -0.15) is 17.5 Å². The summed E-state index contributed by atoms with van der Waals surface area (Å²) in [6.07, 6.45) is -2.93. The van der Waals surface area contributed by atoms with Crippen LogP contribution < -0.4 is 10.2 Å². The Balaban J connectivity index is 1.82. The van der Waals surface area contributed by atoms with Crippen molar-refractivity contribution in [2.75, 3.05) is 39.3 Å². The molecule has 1 aliphatic rings. The number of quaternary nitrogens is 1. The Labute approximate surface area is 150 Å². The molecular formula is C16H21F3N3O3S+. The summed E-state index contributed by atoms with van der Waals surface area (Å²) in [5, 5.41) is 2.96. The molecule has 0 saturated carbocycles. The topological polar surface area (TPSA) is 70.9 Å². The zero-order valence-electron chi connectivity index (χ0n) is 14.0. The smallest absolute Gasteiger partial charge is 0.342 e. The van der Waals surface area contributed by atoms with Gasteiger partial charge in [-0.15, -0.1) is 0 Å². The molecule has 0 bridgehead atoms. The summed E-state index contributed by atoms with van der Waals surface area (Å²) in [6, 6.07) is 9.01. The van der Waals surface area contributed by atoms with E-state index in [1.54, 1.807) is 24.3 Å². The number of nitrogens with one attached hydrogen (secondary N) is 2. The van der Waals surface area contributed by atoms with Gasteiger partial charge in [-0.05, 0) is 11.6 Å². The van der Waals surface area contributed by atoms with Gasteiger partial charge in [0.2, 0.25) is 10.0 Å². The molecule has 2 N–H and O–H groups in total. The first-order valence-electron chi connectivity index (χ1n) is 8.06. The maximum Gasteiger partial charge on any atom is 0.405 e. The number of carbonyl (C=O) groups is 1. The van der Waals surface area contributed by atoms with Crippen LogP contribution in [-0.2, 0) is 14.8 Å². The third kappa shape index (κ3) is 6.77. The lowest BCUT2D eigenvalue weighted by molar-refractivity contribution is -0.895. The fourth-order valence-electron chi connectivity index (χ4n) is 2.54. The zero-order valence-corrected chi connectivity index (χ0v) is 14.8. The molecule has 0 unspecified atom stereocenters. The lowest BCUT2D eigenvalue weighted by atomic mass is 10.2. The monoisotopic (exact) mass is 392 g/mol. The molecule has 0 radical (unpaired) electrons. The van der Waals surface area contributed by atoms with E-state index in [9.17, 15) is 26.4 Å². The Morgan fingerprint density at radius 3 is 2.38 bits per heavy atom. The van der Waals surface area contributed by atoms with E-state index < -0.39 is 28.7 Å². The van der Waals surface area contributed by atoms with E-state index in [2.05, 4.69) is 0 Å². The number of nitrogens with zero attached hydrogens (tertiary/aromatic N) is 1. The van der Waals surface area contributed by atoms with E-state index in [0.717, 1.165) is 15.9 Å². The van der Waals surface area contributed by atoms with Gasteiger partial charge in [-0.3, -0.25) is 4.79 Å². The first-order chi connectivity index (χ1) is 12.2. The molecule has 144 valence electrons. The van der Waals surface area contributed by atoms with Crippen molar-refractivity contribution in [3.05, 3.63) is 41.3 Å². The number of amides is 1. The van der Waals surface area contributed by atoms with Gasteiger partial charge in [-0.1, -0.05) is 30.3 Å². The van der Waals surface area contributed by atoms with E-state index in [4.69, 9.17) is 0 Å². The second kappa shape index (κ2) is 8.65. The Bertz CT molecular complexity index is 728. The maximum absolute atomic E-state index is 12.3. The van der Waals surface area contributed by atoms with Crippen LogP contribution in [0.2, 0.25) is 0 Å². The quantitative estimate of drug-likeness (QED) is 0.709. The Morgan fingerprint density at radius 2 is 1.81 bits per heavy atom. The Morgan fingerprint density at radius 1 is 1.19 bits per heavy atom. The molecule has 0 aliphatic carbocycles. The third-order valence-electron chi connectivity index (χ3n) is 3.92. The van der Waals surface area contributed by atoms with Crippen molar-refractivity contribution in [3.8, 4) is 0 Å². The lowest BCUT2D eigenvalue weighted by Crippen LogP contribution is -3.15. The van der Waals surface area contributed by atoms with Gasteiger partial charge in [0.05, 0.1) is 26.2 Å². The normalized spacial score (nSPS) is 17.5. The minimum atomic E-state index is -4.44. The molecule has 1 aromatic carbocycles. The highest BCUT2D eigenvalue weighted by Gasteiger charge is 2.31. The van der Waals surface area contributed by atoms with Crippen LogP contribution in [0.3, 0.4) is 0 Å². The van der Waals surface area contributed by atoms with E-state index in [-0.39, 0.29) is 19.6 Å². The van der Waals surface area contributed by atoms with Crippen molar-refractivity contribution >= 4 is 22.0 Å². The van der Waals surface area contributed by atoms with Crippen LogP contribution in [0.5, 0.6) is 0 Å². The van der Waals surface area contributed by atoms with Gasteiger partial charge in [0.15, 0.2) is 6.54 Å². The molecule has 26 heavy (non-hydrogen) atoms. The summed E-state index contributed by atoms with van der Waals surface area (Å²) in [5.41, 5.74) is 0.765. The summed E-state index contributed by atoms with van der Waals surface area (Å²) in [4.78, 5) is 12.3. The summed E-state index contributed by atoms with van der Waals surface area (Å²) in [7, 11) is -3.57. The van der Waals surface area contributed by atoms with Crippen molar-refractivity contribution in [3.63, 3.8) is 0 Å². The van der Waals surface area contributed by atoms with Gasteiger partial charge in [-0.25, -0.2) is 8.42 Å². The molecule has 1 aliphatic heterocycles. The van der Waals surface area contributed by atoms with Crippen molar-refractivity contribution in [1.82, 2.24) is 9.62 Å². The maximum atomic E-state index is 12.3. The average Bonchev–Trinajstić information content (AvgIpc) is 2.59. The molecule has 1 saturated heterocycles. The standard InChI is InChI=1S/C16H20F3N3O3S/c17-16(18,19)13-20-15(23)12-21-7-9-22(10-8-21)26(24,25)11-6-14-4-2-1-3-5-14/h1-6,11H,7-10,12-13H2,(H,20,23)/p+1/b11-6+. The van der Waals surface area contributed by atoms with Crippen LogP contribution in [0, 0.1) is 0 Å². The van der Waals surface area contributed by atoms with Crippen LogP contribution in [0.25, 0.3) is 6.08 Å². The highest BCUT2D eigenvalue weighted by atomic mass is 32.2. The molecule has 0 spiro atoms. The van der Waals surface area contributed by atoms with E-state index >= 15 is 0 Å². The van der Waals surface area contributed by atoms with Crippen molar-refractivity contribution in [2.45, 2.75) is 6.18 Å². The first kappa shape index (κ1) is 20.4. The van der Waals surface area contributed by atoms with Gasteiger partial charge in [0, 0.05) is 5.41 Å². The predicted octanol–water partition coefficient (Wildman–Crippen LogP) is -0.134. The SMILES string of the molecule is O=C(C[NH+]1CCN(S(=O)(=O)/C=C/c2ccccc2)CC1)NCC(F)(F)F. The molecule has 0 atom stereocenters. The number of benzene rings is 1. The Kier molecular flexibility index (Phi) is 6.79. The van der Waals surface area contributed by atoms with Gasteiger partial charge in [0.25, 0.3) is 5.91 Å². The zero-order chi connectivity index (χ0) is 19.2. The molecule has 6 nitrogen and oxygen atoms in total. The van der Waals surface area contributed by atoms with E-state index in [1.807, 2.05) is 11.4 Å². The molecule has 1 amide bonds. The van der Waals surface area contributed by atoms with E-state index in [0.29, 0.717) is 13.1 Å². The van der Waals surface area contributed by atoms with Gasteiger partial charge in [0.1, 0.15) is 6.54 Å². The van der Waals surface area contributed by atoms with Crippen LogP contribution >= 0.6 is 0 Å². The lowest BCUT2D eigenvalue weighted by Gasteiger charge is -2.30. The fourth-order valence-corrected chi connectivity index (χ4v) is 3.73. The van der Waals surface area contributed by atoms with Crippen molar-refractivity contribution in [2.24, 2.45) is 0 Å². The minimum Gasteiger partial charge on any atom is -0.342 e. The number of hydrogen-bond acceptors (Lipinski definition) is 3. The molecule has 0 aromatic heterocycles. The number of hydrogen-bond donors (Lipinski definition) is 2. The number of rotatable bonds is 6. The van der Waals surface area contributed by atoms with Crippen molar-refractivity contribution in [1.29, 1.82) is 0 Å². The third-order valence-corrected chi connectivity index (χ3v) is 5.48. The fraction of sp³-hybridized carbons (Fsp3) is 0.438. The van der Waals surface area contributed by atoms with Crippen LogP contribution in [0.15, 0.2) is 35.7 Å². The summed E-state index contributed by atoms with van der Waals surface area (Å²) in [5.74, 6) is -0.697. The molecule has 2 rings (SSSR count). The summed E-state index contributed by atoms with van der Waals surface area (Å²) in [6.45, 7) is -0.323. The second-order valence-corrected chi connectivity index (χ2v) is 7.79. The summed E-state index contributed by atoms with van der Waals surface area (Å²) >= 11 is 0. The van der Waals surface area contributed by atoms with E-state index in [1.165, 1.54) is 10.4 Å². The molecule has 10 heteroatoms. The molecular weight excluding hydrogens is 371 g/mol. The highest BCUT2D eigenvalue weighted by molar-refractivity contribution is 7.92. The van der Waals surface area contributed by atoms with Crippen LogP contribution in [0.1, 0.15) is 5.56 Å². The number of sulfonamides is 1. The van der Waals surface area contributed by atoms with Crippen molar-refractivity contribution < 1.29 is 31.3 Å². The number of halogens is 3. The van der Waals surface area contributed by atoms with Gasteiger partial charge >= 0.3 is 6.18 Å². The number of piperazine rings is 1. The predicted molar refractivity (Wildman–Crippen MR) is 90.6 cm³/mol. The molecule has 1 fully saturated rings. The highest BCUT2D eigenvalue weighted by Crippen LogP contribution is 2.12.